The lowest BCUT2D eigenvalue weighted by Gasteiger charge is -2.31. The second-order valence-corrected chi connectivity index (χ2v) is 7.32. The van der Waals surface area contributed by atoms with Crippen molar-refractivity contribution in [1.82, 2.24) is 10.2 Å². The van der Waals surface area contributed by atoms with E-state index in [0.717, 1.165) is 6.42 Å². The van der Waals surface area contributed by atoms with Gasteiger partial charge in [-0.1, -0.05) is 20.8 Å². The van der Waals surface area contributed by atoms with Crippen molar-refractivity contribution in [2.45, 2.75) is 52.4 Å². The molecule has 5 heteroatoms. The van der Waals surface area contributed by atoms with Crippen molar-refractivity contribution in [2.24, 2.45) is 5.92 Å². The third kappa shape index (κ3) is 3.30. The molecule has 3 unspecified atom stereocenters. The van der Waals surface area contributed by atoms with Crippen molar-refractivity contribution < 1.29 is 9.53 Å². The number of carbonyl (C=O) groups is 1. The molecule has 1 fully saturated rings. The molecule has 0 radical (unpaired) electrons. The Balaban J connectivity index is 2.32. The van der Waals surface area contributed by atoms with Crippen LogP contribution in [0.15, 0.2) is 12.1 Å². The third-order valence-electron chi connectivity index (χ3n) is 4.06. The van der Waals surface area contributed by atoms with E-state index in [1.54, 1.807) is 18.4 Å². The minimum Gasteiger partial charge on any atom is -0.383 e. The average molecular weight is 310 g/mol. The van der Waals surface area contributed by atoms with Crippen molar-refractivity contribution in [2.75, 3.05) is 13.7 Å². The Kier molecular flexibility index (Phi) is 5.41. The first kappa shape index (κ1) is 16.5. The van der Waals surface area contributed by atoms with E-state index in [4.69, 9.17) is 4.74 Å². The van der Waals surface area contributed by atoms with Crippen LogP contribution >= 0.6 is 11.3 Å². The van der Waals surface area contributed by atoms with Gasteiger partial charge in [0.15, 0.2) is 0 Å². The number of aryl methyl sites for hydroxylation is 1. The number of carbonyl (C=O) groups excluding carboxylic acids is 1. The molecule has 2 heterocycles. The molecule has 3 atom stereocenters. The van der Waals surface area contributed by atoms with E-state index in [2.05, 4.69) is 45.1 Å². The molecule has 1 aromatic rings. The topological polar surface area (TPSA) is 41.6 Å². The van der Waals surface area contributed by atoms with Crippen molar-refractivity contribution in [3.8, 4) is 0 Å². The second-order valence-electron chi connectivity index (χ2n) is 6.00. The fraction of sp³-hybridized carbons (Fsp3) is 0.688. The van der Waals surface area contributed by atoms with Gasteiger partial charge in [-0.25, -0.2) is 0 Å². The van der Waals surface area contributed by atoms with Gasteiger partial charge >= 0.3 is 0 Å². The summed E-state index contributed by atoms with van der Waals surface area (Å²) in [7, 11) is 1.70. The normalized spacial score (nSPS) is 24.1. The van der Waals surface area contributed by atoms with Crippen LogP contribution in [-0.4, -0.2) is 36.6 Å². The van der Waals surface area contributed by atoms with Gasteiger partial charge in [0, 0.05) is 16.9 Å². The fourth-order valence-electron chi connectivity index (χ4n) is 2.88. The van der Waals surface area contributed by atoms with Gasteiger partial charge < -0.3 is 9.64 Å². The molecule has 1 aromatic heterocycles. The molecular formula is C16H26N2O2S. The van der Waals surface area contributed by atoms with E-state index in [-0.39, 0.29) is 30.1 Å². The second kappa shape index (κ2) is 6.90. The Morgan fingerprint density at radius 3 is 2.62 bits per heavy atom. The number of nitrogens with one attached hydrogen (secondary N) is 1. The van der Waals surface area contributed by atoms with Gasteiger partial charge in [-0.3, -0.25) is 10.1 Å². The molecule has 0 aliphatic carbocycles. The predicted molar refractivity (Wildman–Crippen MR) is 86.4 cm³/mol. The zero-order chi connectivity index (χ0) is 15.6. The fourth-order valence-corrected chi connectivity index (χ4v) is 3.82. The predicted octanol–water partition coefficient (Wildman–Crippen LogP) is 2.94. The smallest absolute Gasteiger partial charge is 0.241 e. The van der Waals surface area contributed by atoms with E-state index in [1.165, 1.54) is 9.75 Å². The molecule has 0 saturated carbocycles. The third-order valence-corrected chi connectivity index (χ3v) is 5.11. The summed E-state index contributed by atoms with van der Waals surface area (Å²) in [6.07, 6.45) is 0.871. The average Bonchev–Trinajstić information content (AvgIpc) is 3.00. The summed E-state index contributed by atoms with van der Waals surface area (Å²) in [6, 6.07) is 4.25. The van der Waals surface area contributed by atoms with Crippen LogP contribution in [0.3, 0.4) is 0 Å². The van der Waals surface area contributed by atoms with Crippen LogP contribution in [0.2, 0.25) is 0 Å². The highest BCUT2D eigenvalue weighted by molar-refractivity contribution is 7.12. The van der Waals surface area contributed by atoms with Gasteiger partial charge in [-0.2, -0.15) is 0 Å². The molecule has 1 saturated heterocycles. The van der Waals surface area contributed by atoms with Gasteiger partial charge in [0.2, 0.25) is 5.91 Å². The van der Waals surface area contributed by atoms with E-state index in [0.29, 0.717) is 6.61 Å². The number of amides is 1. The maximum absolute atomic E-state index is 12.8. The number of methoxy groups -OCH3 is 1. The van der Waals surface area contributed by atoms with Crippen molar-refractivity contribution in [3.05, 3.63) is 21.9 Å². The van der Waals surface area contributed by atoms with Crippen molar-refractivity contribution >= 4 is 17.2 Å². The summed E-state index contributed by atoms with van der Waals surface area (Å²) in [4.78, 5) is 17.3. The SMILES string of the molecule is CCC(COC)N1C(=O)C(C(C)C)NC1c1ccc(C)s1. The first-order valence-electron chi connectivity index (χ1n) is 7.63. The van der Waals surface area contributed by atoms with Gasteiger partial charge in [0.05, 0.1) is 18.7 Å². The van der Waals surface area contributed by atoms with E-state index in [1.807, 2.05) is 4.90 Å². The zero-order valence-electron chi connectivity index (χ0n) is 13.6. The Bertz CT molecular complexity index is 486. The monoisotopic (exact) mass is 310 g/mol. The van der Waals surface area contributed by atoms with Gasteiger partial charge in [0.25, 0.3) is 0 Å². The van der Waals surface area contributed by atoms with Crippen molar-refractivity contribution in [3.63, 3.8) is 0 Å². The number of nitrogens with zero attached hydrogens (tertiary/aromatic N) is 1. The highest BCUT2D eigenvalue weighted by Crippen LogP contribution is 2.34. The molecule has 2 rings (SSSR count). The van der Waals surface area contributed by atoms with Crippen molar-refractivity contribution in [1.29, 1.82) is 0 Å². The van der Waals surface area contributed by atoms with Gasteiger partial charge in [-0.15, -0.1) is 11.3 Å². The zero-order valence-corrected chi connectivity index (χ0v) is 14.4. The molecule has 1 N–H and O–H groups in total. The lowest BCUT2D eigenvalue weighted by molar-refractivity contribution is -0.134. The van der Waals surface area contributed by atoms with E-state index in [9.17, 15) is 4.79 Å². The lowest BCUT2D eigenvalue weighted by atomic mass is 10.0. The van der Waals surface area contributed by atoms with Crippen LogP contribution in [-0.2, 0) is 9.53 Å². The van der Waals surface area contributed by atoms with Crippen LogP contribution in [0.5, 0.6) is 0 Å². The Morgan fingerprint density at radius 1 is 1.43 bits per heavy atom. The summed E-state index contributed by atoms with van der Waals surface area (Å²) in [5, 5.41) is 3.52. The minimum absolute atomic E-state index is 0.0244. The van der Waals surface area contributed by atoms with Crippen LogP contribution in [0, 0.1) is 12.8 Å². The summed E-state index contributed by atoms with van der Waals surface area (Å²) in [5.74, 6) is 0.482. The Labute approximate surface area is 131 Å². The van der Waals surface area contributed by atoms with Crippen LogP contribution in [0.4, 0.5) is 0 Å². The van der Waals surface area contributed by atoms with E-state index >= 15 is 0 Å². The van der Waals surface area contributed by atoms with E-state index < -0.39 is 0 Å². The maximum Gasteiger partial charge on any atom is 0.241 e. The van der Waals surface area contributed by atoms with Crippen LogP contribution < -0.4 is 5.32 Å². The number of hydrogen-bond donors (Lipinski definition) is 1. The molecule has 1 aliphatic rings. The first-order chi connectivity index (χ1) is 9.99. The van der Waals surface area contributed by atoms with Crippen LogP contribution in [0.1, 0.15) is 43.1 Å². The molecule has 4 nitrogen and oxygen atoms in total. The molecule has 0 spiro atoms. The van der Waals surface area contributed by atoms with Crippen LogP contribution in [0.25, 0.3) is 0 Å². The number of ether oxygens (including phenoxy) is 1. The largest absolute Gasteiger partial charge is 0.383 e. The number of hydrogen-bond acceptors (Lipinski definition) is 4. The molecule has 1 amide bonds. The number of thiophene rings is 1. The highest BCUT2D eigenvalue weighted by atomic mass is 32.1. The summed E-state index contributed by atoms with van der Waals surface area (Å²) in [5.41, 5.74) is 0. The molecule has 0 bridgehead atoms. The molecular weight excluding hydrogens is 284 g/mol. The first-order valence-corrected chi connectivity index (χ1v) is 8.44. The summed E-state index contributed by atoms with van der Waals surface area (Å²) in [6.45, 7) is 8.97. The summed E-state index contributed by atoms with van der Waals surface area (Å²) >= 11 is 1.75. The lowest BCUT2D eigenvalue weighted by Crippen LogP contribution is -2.42. The minimum atomic E-state index is -0.108. The number of rotatable bonds is 6. The van der Waals surface area contributed by atoms with Gasteiger partial charge in [-0.05, 0) is 31.4 Å². The molecule has 0 aromatic carbocycles. The molecule has 118 valence electrons. The Morgan fingerprint density at radius 2 is 2.14 bits per heavy atom. The maximum atomic E-state index is 12.8. The summed E-state index contributed by atoms with van der Waals surface area (Å²) < 4.78 is 5.32. The highest BCUT2D eigenvalue weighted by Gasteiger charge is 2.44. The van der Waals surface area contributed by atoms with Gasteiger partial charge in [0.1, 0.15) is 6.17 Å². The standard InChI is InChI=1S/C16H26N2O2S/c1-6-12(9-20-5)18-15(13-8-7-11(4)21-13)17-14(10(2)3)16(18)19/h7-8,10,12,14-15,17H,6,9H2,1-5H3. The molecule has 21 heavy (non-hydrogen) atoms. The molecule has 1 aliphatic heterocycles. The Hall–Kier alpha value is -0.910. The quantitative estimate of drug-likeness (QED) is 0.878.